The zero-order valence-corrected chi connectivity index (χ0v) is 19.3. The quantitative estimate of drug-likeness (QED) is 0.600. The van der Waals surface area contributed by atoms with Gasteiger partial charge in [0, 0.05) is 28.9 Å². The monoisotopic (exact) mass is 475 g/mol. The molecule has 3 rings (SSSR count). The predicted molar refractivity (Wildman–Crippen MR) is 126 cm³/mol. The molecule has 29 heavy (non-hydrogen) atoms. The van der Waals surface area contributed by atoms with Crippen molar-refractivity contribution in [2.24, 2.45) is 5.92 Å². The minimum atomic E-state index is -0.317. The van der Waals surface area contributed by atoms with E-state index >= 15 is 0 Å². The molecule has 7 heteroatoms. The molecule has 1 fully saturated rings. The highest BCUT2D eigenvalue weighted by Gasteiger charge is 2.18. The number of carbonyl (C=O) groups is 1. The maximum absolute atomic E-state index is 12.7. The lowest BCUT2D eigenvalue weighted by atomic mass is 9.99. The van der Waals surface area contributed by atoms with Crippen molar-refractivity contribution in [1.82, 2.24) is 5.32 Å². The van der Waals surface area contributed by atoms with Crippen molar-refractivity contribution in [3.05, 3.63) is 52.0 Å². The van der Waals surface area contributed by atoms with Crippen LogP contribution in [0, 0.1) is 12.8 Å². The minimum Gasteiger partial charge on any atom is -0.496 e. The third-order valence-corrected chi connectivity index (χ3v) is 5.85. The Balaban J connectivity index is 1.62. The summed E-state index contributed by atoms with van der Waals surface area (Å²) in [6.07, 6.45) is 2.46. The molecule has 2 aromatic rings. The molecule has 0 aliphatic carbocycles. The van der Waals surface area contributed by atoms with E-state index in [-0.39, 0.29) is 11.0 Å². The zero-order chi connectivity index (χ0) is 21.0. The number of anilines is 2. The second-order valence-electron chi connectivity index (χ2n) is 7.43. The number of nitrogens with zero attached hydrogens (tertiary/aromatic N) is 1. The lowest BCUT2D eigenvalue weighted by Crippen LogP contribution is -2.34. The summed E-state index contributed by atoms with van der Waals surface area (Å²) in [6.45, 7) is 6.39. The number of carbonyl (C=O) groups excluding carboxylic acids is 1. The number of thiocarbonyl (C=S) groups is 1. The number of ether oxygens (including phenoxy) is 1. The number of methoxy groups -OCH3 is 1. The first-order chi connectivity index (χ1) is 13.9. The highest BCUT2D eigenvalue weighted by molar-refractivity contribution is 9.10. The second kappa shape index (κ2) is 9.59. The highest BCUT2D eigenvalue weighted by Crippen LogP contribution is 2.28. The van der Waals surface area contributed by atoms with Gasteiger partial charge in [0.2, 0.25) is 0 Å². The summed E-state index contributed by atoms with van der Waals surface area (Å²) in [5, 5.41) is 6.05. The summed E-state index contributed by atoms with van der Waals surface area (Å²) in [4.78, 5) is 15.1. The van der Waals surface area contributed by atoms with Crippen LogP contribution >= 0.6 is 28.1 Å². The van der Waals surface area contributed by atoms with Gasteiger partial charge >= 0.3 is 0 Å². The lowest BCUT2D eigenvalue weighted by molar-refractivity contribution is 0.0974. The van der Waals surface area contributed by atoms with Gasteiger partial charge in [0.05, 0.1) is 12.7 Å². The molecule has 1 saturated heterocycles. The van der Waals surface area contributed by atoms with Crippen molar-refractivity contribution in [2.75, 3.05) is 30.4 Å². The van der Waals surface area contributed by atoms with Crippen LogP contribution in [0.1, 0.15) is 35.7 Å². The molecular formula is C22H26BrN3O2S. The number of piperidine rings is 1. The molecule has 0 atom stereocenters. The number of halogens is 1. The summed E-state index contributed by atoms with van der Waals surface area (Å²) < 4.78 is 6.19. The maximum atomic E-state index is 12.7. The number of hydrogen-bond acceptors (Lipinski definition) is 4. The van der Waals surface area contributed by atoms with Crippen LogP contribution in [0.3, 0.4) is 0 Å². The standard InChI is InChI=1S/C22H26BrN3O2S/c1-14-8-10-26(11-9-14)18-6-4-17(5-7-18)24-22(29)25-21(27)19-13-16(23)12-15(2)20(19)28-3/h4-7,12-14H,8-11H2,1-3H3,(H2,24,25,27,29). The van der Waals surface area contributed by atoms with E-state index < -0.39 is 0 Å². The summed E-state index contributed by atoms with van der Waals surface area (Å²) in [7, 11) is 1.55. The Morgan fingerprint density at radius 2 is 1.86 bits per heavy atom. The predicted octanol–water partition coefficient (Wildman–Crippen LogP) is 5.13. The fourth-order valence-corrected chi connectivity index (χ4v) is 4.31. The number of rotatable bonds is 4. The molecule has 5 nitrogen and oxygen atoms in total. The molecule has 0 spiro atoms. The van der Waals surface area contributed by atoms with Crippen LogP contribution in [0.2, 0.25) is 0 Å². The number of hydrogen-bond donors (Lipinski definition) is 2. The maximum Gasteiger partial charge on any atom is 0.261 e. The van der Waals surface area contributed by atoms with Crippen LogP contribution < -0.4 is 20.3 Å². The molecule has 1 aliphatic rings. The van der Waals surface area contributed by atoms with E-state index in [0.717, 1.165) is 34.7 Å². The number of amides is 1. The Morgan fingerprint density at radius 1 is 1.21 bits per heavy atom. The van der Waals surface area contributed by atoms with Crippen LogP contribution in [-0.4, -0.2) is 31.2 Å². The molecule has 2 aromatic carbocycles. The van der Waals surface area contributed by atoms with Gasteiger partial charge in [-0.3, -0.25) is 10.1 Å². The van der Waals surface area contributed by atoms with Crippen molar-refractivity contribution in [2.45, 2.75) is 26.7 Å². The van der Waals surface area contributed by atoms with Gasteiger partial charge in [-0.1, -0.05) is 22.9 Å². The number of nitrogens with one attached hydrogen (secondary N) is 2. The molecule has 1 amide bonds. The van der Waals surface area contributed by atoms with Crippen LogP contribution in [-0.2, 0) is 0 Å². The van der Waals surface area contributed by atoms with Gasteiger partial charge in [-0.15, -0.1) is 0 Å². The fourth-order valence-electron chi connectivity index (χ4n) is 3.52. The first-order valence-electron chi connectivity index (χ1n) is 9.69. The summed E-state index contributed by atoms with van der Waals surface area (Å²) >= 11 is 8.74. The van der Waals surface area contributed by atoms with Gasteiger partial charge < -0.3 is 15.0 Å². The normalized spacial score (nSPS) is 14.4. The lowest BCUT2D eigenvalue weighted by Gasteiger charge is -2.32. The fraction of sp³-hybridized carbons (Fsp3) is 0.364. The van der Waals surface area contributed by atoms with E-state index in [0.29, 0.717) is 11.3 Å². The van der Waals surface area contributed by atoms with Gasteiger partial charge in [-0.25, -0.2) is 0 Å². The third-order valence-electron chi connectivity index (χ3n) is 5.19. The Labute approximate surface area is 185 Å². The van der Waals surface area contributed by atoms with Crippen LogP contribution in [0.25, 0.3) is 0 Å². The zero-order valence-electron chi connectivity index (χ0n) is 16.9. The van der Waals surface area contributed by atoms with Crippen LogP contribution in [0.15, 0.2) is 40.9 Å². The molecule has 0 bridgehead atoms. The SMILES string of the molecule is COc1c(C)cc(Br)cc1C(=O)NC(=S)Nc1ccc(N2CCC(C)CC2)cc1. The topological polar surface area (TPSA) is 53.6 Å². The average Bonchev–Trinajstić information content (AvgIpc) is 2.68. The second-order valence-corrected chi connectivity index (χ2v) is 8.75. The van der Waals surface area contributed by atoms with Gasteiger partial charge in [0.15, 0.2) is 5.11 Å². The summed E-state index contributed by atoms with van der Waals surface area (Å²) in [5.41, 5.74) is 3.35. The van der Waals surface area contributed by atoms with E-state index in [4.69, 9.17) is 17.0 Å². The molecule has 0 saturated carbocycles. The van der Waals surface area contributed by atoms with Crippen LogP contribution in [0.4, 0.5) is 11.4 Å². The average molecular weight is 476 g/mol. The summed E-state index contributed by atoms with van der Waals surface area (Å²) in [5.74, 6) is 1.03. The van der Waals surface area contributed by atoms with E-state index in [1.54, 1.807) is 13.2 Å². The third kappa shape index (κ3) is 5.48. The van der Waals surface area contributed by atoms with Crippen LogP contribution in [0.5, 0.6) is 5.75 Å². The Kier molecular flexibility index (Phi) is 7.14. The van der Waals surface area contributed by atoms with Crippen molar-refractivity contribution in [3.8, 4) is 5.75 Å². The van der Waals surface area contributed by atoms with Gasteiger partial charge in [0.1, 0.15) is 5.75 Å². The largest absolute Gasteiger partial charge is 0.496 e. The number of aryl methyl sites for hydroxylation is 1. The van der Waals surface area contributed by atoms with Gasteiger partial charge in [-0.2, -0.15) is 0 Å². The van der Waals surface area contributed by atoms with Gasteiger partial charge in [0.25, 0.3) is 5.91 Å². The Bertz CT molecular complexity index is 894. The Morgan fingerprint density at radius 3 is 2.48 bits per heavy atom. The molecule has 0 aromatic heterocycles. The van der Waals surface area contributed by atoms with Crippen molar-refractivity contribution < 1.29 is 9.53 Å². The van der Waals surface area contributed by atoms with Crippen molar-refractivity contribution in [3.63, 3.8) is 0 Å². The number of benzene rings is 2. The summed E-state index contributed by atoms with van der Waals surface area (Å²) in [6, 6.07) is 11.8. The van der Waals surface area contributed by atoms with E-state index in [9.17, 15) is 4.79 Å². The molecule has 0 radical (unpaired) electrons. The molecule has 1 aliphatic heterocycles. The molecule has 0 unspecified atom stereocenters. The van der Waals surface area contributed by atoms with E-state index in [2.05, 4.69) is 50.5 Å². The highest BCUT2D eigenvalue weighted by atomic mass is 79.9. The first kappa shape index (κ1) is 21.6. The first-order valence-corrected chi connectivity index (χ1v) is 10.9. The smallest absolute Gasteiger partial charge is 0.261 e. The molecule has 154 valence electrons. The molecular weight excluding hydrogens is 450 g/mol. The van der Waals surface area contributed by atoms with E-state index in [1.165, 1.54) is 18.5 Å². The van der Waals surface area contributed by atoms with E-state index in [1.807, 2.05) is 25.1 Å². The minimum absolute atomic E-state index is 0.245. The van der Waals surface area contributed by atoms with Gasteiger partial charge in [-0.05, 0) is 79.9 Å². The molecule has 2 N–H and O–H groups in total. The molecule has 1 heterocycles. The Hall–Kier alpha value is -2.12. The van der Waals surface area contributed by atoms with Crippen molar-refractivity contribution >= 4 is 50.5 Å². The van der Waals surface area contributed by atoms with Crippen molar-refractivity contribution in [1.29, 1.82) is 0 Å².